The highest BCUT2D eigenvalue weighted by Crippen LogP contribution is 2.27. The van der Waals surface area contributed by atoms with Gasteiger partial charge in [0.25, 0.3) is 5.91 Å². The van der Waals surface area contributed by atoms with E-state index in [0.717, 1.165) is 24.2 Å². The number of piperazine rings is 1. The third kappa shape index (κ3) is 4.94. The normalized spacial score (nSPS) is 15.2. The Kier molecular flexibility index (Phi) is 6.99. The van der Waals surface area contributed by atoms with Crippen molar-refractivity contribution in [2.75, 3.05) is 32.8 Å². The highest BCUT2D eigenvalue weighted by Gasteiger charge is 2.32. The van der Waals surface area contributed by atoms with Crippen molar-refractivity contribution in [3.63, 3.8) is 0 Å². The summed E-state index contributed by atoms with van der Waals surface area (Å²) in [5, 5.41) is 10.00. The Balaban J connectivity index is 1.62. The second-order valence-corrected chi connectivity index (χ2v) is 9.30. The summed E-state index contributed by atoms with van der Waals surface area (Å²) in [5.74, 6) is 0.333. The minimum Gasteiger partial charge on any atom is -0.507 e. The molecular formula is C22H28N2O5S. The molecule has 0 bridgehead atoms. The van der Waals surface area contributed by atoms with Crippen molar-refractivity contribution in [2.24, 2.45) is 0 Å². The first-order valence-corrected chi connectivity index (χ1v) is 11.6. The molecule has 1 amide bonds. The van der Waals surface area contributed by atoms with Gasteiger partial charge in [-0.3, -0.25) is 4.79 Å². The SMILES string of the molecule is CCCCOc1ccc(C(=O)N2CCN(S(=O)(=O)c3cc(C)ccc3O)CC2)cc1. The zero-order valence-corrected chi connectivity index (χ0v) is 18.2. The molecule has 1 saturated heterocycles. The van der Waals surface area contributed by atoms with Crippen molar-refractivity contribution in [3.8, 4) is 11.5 Å². The lowest BCUT2D eigenvalue weighted by atomic mass is 10.2. The van der Waals surface area contributed by atoms with Crippen LogP contribution in [0.25, 0.3) is 0 Å². The number of unbranched alkanes of at least 4 members (excludes halogenated alkanes) is 1. The molecule has 8 heteroatoms. The number of hydrogen-bond donors (Lipinski definition) is 1. The van der Waals surface area contributed by atoms with Crippen LogP contribution < -0.4 is 4.74 Å². The first kappa shape index (κ1) is 22.1. The standard InChI is InChI=1S/C22H28N2O5S/c1-3-4-15-29-19-8-6-18(7-9-19)22(26)23-11-13-24(14-12-23)30(27,28)21-16-17(2)5-10-20(21)25/h5-10,16,25H,3-4,11-15H2,1-2H3. The molecule has 162 valence electrons. The van der Waals surface area contributed by atoms with Gasteiger partial charge in [-0.15, -0.1) is 0 Å². The maximum atomic E-state index is 12.9. The number of aryl methyl sites for hydroxylation is 1. The summed E-state index contributed by atoms with van der Waals surface area (Å²) in [6.07, 6.45) is 2.04. The summed E-state index contributed by atoms with van der Waals surface area (Å²) in [7, 11) is -3.82. The van der Waals surface area contributed by atoms with Gasteiger partial charge >= 0.3 is 0 Å². The molecule has 2 aromatic rings. The molecule has 0 saturated carbocycles. The Morgan fingerprint density at radius 3 is 2.37 bits per heavy atom. The smallest absolute Gasteiger partial charge is 0.253 e. The molecule has 1 heterocycles. The van der Waals surface area contributed by atoms with E-state index in [1.54, 1.807) is 42.2 Å². The lowest BCUT2D eigenvalue weighted by Gasteiger charge is -2.34. The van der Waals surface area contributed by atoms with Crippen molar-refractivity contribution >= 4 is 15.9 Å². The van der Waals surface area contributed by atoms with E-state index in [-0.39, 0.29) is 29.6 Å². The van der Waals surface area contributed by atoms with Crippen LogP contribution in [0.5, 0.6) is 11.5 Å². The number of rotatable bonds is 7. The second kappa shape index (κ2) is 9.49. The number of ether oxygens (including phenoxy) is 1. The van der Waals surface area contributed by atoms with Gasteiger partial charge in [0.15, 0.2) is 0 Å². The van der Waals surface area contributed by atoms with Gasteiger partial charge in [0.05, 0.1) is 6.61 Å². The number of phenolic OH excluding ortho intramolecular Hbond substituents is 1. The third-order valence-corrected chi connectivity index (χ3v) is 7.05. The van der Waals surface area contributed by atoms with Crippen LogP contribution in [0.1, 0.15) is 35.7 Å². The van der Waals surface area contributed by atoms with E-state index in [1.165, 1.54) is 16.4 Å². The molecule has 0 aliphatic carbocycles. The van der Waals surface area contributed by atoms with E-state index < -0.39 is 10.0 Å². The summed E-state index contributed by atoms with van der Waals surface area (Å²) in [5.41, 5.74) is 1.30. The summed E-state index contributed by atoms with van der Waals surface area (Å²) in [6, 6.07) is 11.5. The Morgan fingerprint density at radius 1 is 1.07 bits per heavy atom. The van der Waals surface area contributed by atoms with E-state index in [9.17, 15) is 18.3 Å². The summed E-state index contributed by atoms with van der Waals surface area (Å²) < 4.78 is 32.7. The van der Waals surface area contributed by atoms with E-state index in [4.69, 9.17) is 4.74 Å². The average molecular weight is 433 g/mol. The number of sulfonamides is 1. The van der Waals surface area contributed by atoms with Gasteiger partial charge in [0, 0.05) is 31.7 Å². The number of benzene rings is 2. The number of carbonyl (C=O) groups is 1. The Hall–Kier alpha value is -2.58. The largest absolute Gasteiger partial charge is 0.507 e. The van der Waals surface area contributed by atoms with Crippen LogP contribution in [0.3, 0.4) is 0 Å². The summed E-state index contributed by atoms with van der Waals surface area (Å²) in [6.45, 7) is 5.46. The predicted molar refractivity (Wildman–Crippen MR) is 114 cm³/mol. The fraction of sp³-hybridized carbons (Fsp3) is 0.409. The monoisotopic (exact) mass is 432 g/mol. The minimum atomic E-state index is -3.82. The highest BCUT2D eigenvalue weighted by atomic mass is 32.2. The van der Waals surface area contributed by atoms with Crippen LogP contribution >= 0.6 is 0 Å². The zero-order chi connectivity index (χ0) is 21.7. The molecule has 0 aromatic heterocycles. The van der Waals surface area contributed by atoms with E-state index in [0.29, 0.717) is 25.3 Å². The Morgan fingerprint density at radius 2 is 1.73 bits per heavy atom. The molecular weight excluding hydrogens is 404 g/mol. The van der Waals surface area contributed by atoms with Gasteiger partial charge in [-0.25, -0.2) is 8.42 Å². The molecule has 0 radical (unpaired) electrons. The molecule has 0 unspecified atom stereocenters. The van der Waals surface area contributed by atoms with E-state index >= 15 is 0 Å². The average Bonchev–Trinajstić information content (AvgIpc) is 2.75. The van der Waals surface area contributed by atoms with Crippen LogP contribution in [0, 0.1) is 6.92 Å². The van der Waals surface area contributed by atoms with Gasteiger partial charge in [0.2, 0.25) is 10.0 Å². The number of amides is 1. The fourth-order valence-corrected chi connectivity index (χ4v) is 4.90. The molecule has 1 aliphatic heterocycles. The molecule has 1 aliphatic rings. The van der Waals surface area contributed by atoms with Crippen molar-refractivity contribution in [1.29, 1.82) is 0 Å². The van der Waals surface area contributed by atoms with Crippen LogP contribution in [-0.2, 0) is 10.0 Å². The highest BCUT2D eigenvalue weighted by molar-refractivity contribution is 7.89. The number of aromatic hydroxyl groups is 1. The van der Waals surface area contributed by atoms with Gasteiger partial charge in [-0.1, -0.05) is 19.4 Å². The van der Waals surface area contributed by atoms with Crippen molar-refractivity contribution in [3.05, 3.63) is 53.6 Å². The summed E-state index contributed by atoms with van der Waals surface area (Å²) >= 11 is 0. The summed E-state index contributed by atoms with van der Waals surface area (Å²) in [4.78, 5) is 14.3. The maximum Gasteiger partial charge on any atom is 0.253 e. The van der Waals surface area contributed by atoms with Gasteiger partial charge in [0.1, 0.15) is 16.4 Å². The lowest BCUT2D eigenvalue weighted by molar-refractivity contribution is 0.0697. The maximum absolute atomic E-state index is 12.9. The Bertz CT molecular complexity index is 981. The molecule has 1 N–H and O–H groups in total. The molecule has 2 aromatic carbocycles. The van der Waals surface area contributed by atoms with Crippen molar-refractivity contribution in [1.82, 2.24) is 9.21 Å². The van der Waals surface area contributed by atoms with Crippen LogP contribution in [0.4, 0.5) is 0 Å². The number of hydrogen-bond acceptors (Lipinski definition) is 5. The van der Waals surface area contributed by atoms with Crippen LogP contribution in [0.15, 0.2) is 47.4 Å². The molecule has 3 rings (SSSR count). The molecule has 0 spiro atoms. The van der Waals surface area contributed by atoms with Crippen molar-refractivity contribution in [2.45, 2.75) is 31.6 Å². The third-order valence-electron chi connectivity index (χ3n) is 5.13. The van der Waals surface area contributed by atoms with Crippen LogP contribution in [-0.4, -0.2) is 61.4 Å². The predicted octanol–water partition coefficient (Wildman–Crippen LogP) is 3.03. The fourth-order valence-electron chi connectivity index (χ4n) is 3.31. The molecule has 7 nitrogen and oxygen atoms in total. The van der Waals surface area contributed by atoms with E-state index in [1.807, 2.05) is 0 Å². The minimum absolute atomic E-state index is 0.0964. The molecule has 30 heavy (non-hydrogen) atoms. The van der Waals surface area contributed by atoms with Crippen LogP contribution in [0.2, 0.25) is 0 Å². The molecule has 0 atom stereocenters. The van der Waals surface area contributed by atoms with E-state index in [2.05, 4.69) is 6.92 Å². The first-order valence-electron chi connectivity index (χ1n) is 10.1. The topological polar surface area (TPSA) is 87.2 Å². The Labute approximate surface area is 177 Å². The first-order chi connectivity index (χ1) is 14.3. The van der Waals surface area contributed by atoms with Crippen molar-refractivity contribution < 1.29 is 23.1 Å². The quantitative estimate of drug-likeness (QED) is 0.680. The lowest BCUT2D eigenvalue weighted by Crippen LogP contribution is -2.50. The second-order valence-electron chi connectivity index (χ2n) is 7.39. The number of nitrogens with zero attached hydrogens (tertiary/aromatic N) is 2. The number of carbonyl (C=O) groups excluding carboxylic acids is 1. The molecule has 1 fully saturated rings. The van der Waals surface area contributed by atoms with Gasteiger partial charge < -0.3 is 14.7 Å². The zero-order valence-electron chi connectivity index (χ0n) is 17.4. The van der Waals surface area contributed by atoms with Gasteiger partial charge in [-0.2, -0.15) is 4.31 Å². The number of phenols is 1. The van der Waals surface area contributed by atoms with Gasteiger partial charge in [-0.05, 0) is 55.3 Å².